The van der Waals surface area contributed by atoms with Crippen molar-refractivity contribution in [2.75, 3.05) is 5.73 Å². The van der Waals surface area contributed by atoms with Gasteiger partial charge in [-0.2, -0.15) is 13.2 Å². The van der Waals surface area contributed by atoms with Gasteiger partial charge in [0.25, 0.3) is 0 Å². The maximum Gasteiger partial charge on any atom is 0.420 e. The Bertz CT molecular complexity index is 641. The monoisotopic (exact) mass is 345 g/mol. The van der Waals surface area contributed by atoms with Crippen LogP contribution in [0.25, 0.3) is 0 Å². The van der Waals surface area contributed by atoms with Crippen LogP contribution in [0, 0.1) is 6.92 Å². The van der Waals surface area contributed by atoms with Crippen LogP contribution in [0.4, 0.5) is 18.9 Å². The summed E-state index contributed by atoms with van der Waals surface area (Å²) < 4.78 is 45.1. The van der Waals surface area contributed by atoms with E-state index < -0.39 is 11.7 Å². The zero-order chi connectivity index (χ0) is 14.9. The number of benzene rings is 2. The molecule has 106 valence electrons. The summed E-state index contributed by atoms with van der Waals surface area (Å²) in [4.78, 5) is 0. The molecule has 0 aromatic heterocycles. The van der Waals surface area contributed by atoms with Gasteiger partial charge in [0.15, 0.2) is 0 Å². The minimum atomic E-state index is -4.52. The number of hydrogen-bond donors (Lipinski definition) is 1. The van der Waals surface area contributed by atoms with Crippen molar-refractivity contribution in [1.29, 1.82) is 0 Å². The number of rotatable bonds is 2. The van der Waals surface area contributed by atoms with Crippen LogP contribution in [0.3, 0.4) is 0 Å². The van der Waals surface area contributed by atoms with Gasteiger partial charge in [0.1, 0.15) is 17.1 Å². The minimum absolute atomic E-state index is 0.0391. The second kappa shape index (κ2) is 5.36. The molecule has 0 bridgehead atoms. The van der Waals surface area contributed by atoms with E-state index in [2.05, 4.69) is 15.9 Å². The van der Waals surface area contributed by atoms with Crippen molar-refractivity contribution < 1.29 is 17.9 Å². The van der Waals surface area contributed by atoms with Crippen LogP contribution in [0.2, 0.25) is 0 Å². The Hall–Kier alpha value is -1.69. The zero-order valence-corrected chi connectivity index (χ0v) is 12.0. The summed E-state index contributed by atoms with van der Waals surface area (Å²) in [5, 5.41) is 0. The lowest BCUT2D eigenvalue weighted by Crippen LogP contribution is -2.08. The molecule has 0 aliphatic rings. The molecule has 2 nitrogen and oxygen atoms in total. The molecule has 20 heavy (non-hydrogen) atoms. The number of anilines is 1. The van der Waals surface area contributed by atoms with Crippen molar-refractivity contribution in [2.24, 2.45) is 0 Å². The average Bonchev–Trinajstić information content (AvgIpc) is 2.33. The van der Waals surface area contributed by atoms with Crippen LogP contribution in [0.5, 0.6) is 11.5 Å². The van der Waals surface area contributed by atoms with Gasteiger partial charge >= 0.3 is 6.18 Å². The quantitative estimate of drug-likeness (QED) is 0.763. The fraction of sp³-hybridized carbons (Fsp3) is 0.143. The van der Waals surface area contributed by atoms with Crippen LogP contribution >= 0.6 is 15.9 Å². The highest BCUT2D eigenvalue weighted by Gasteiger charge is 2.34. The predicted octanol–water partition coefficient (Wildman–Crippen LogP) is 5.15. The second-order valence-electron chi connectivity index (χ2n) is 4.27. The summed E-state index contributed by atoms with van der Waals surface area (Å²) in [7, 11) is 0. The third kappa shape index (κ3) is 3.25. The van der Waals surface area contributed by atoms with E-state index in [-0.39, 0.29) is 11.4 Å². The maximum absolute atomic E-state index is 13.0. The lowest BCUT2D eigenvalue weighted by Gasteiger charge is -2.15. The largest absolute Gasteiger partial charge is 0.456 e. The van der Waals surface area contributed by atoms with Crippen molar-refractivity contribution in [3.05, 3.63) is 52.0 Å². The number of nitrogens with two attached hydrogens (primary N) is 1. The fourth-order valence-electron chi connectivity index (χ4n) is 1.70. The summed E-state index contributed by atoms with van der Waals surface area (Å²) in [5.74, 6) is 0.0978. The summed E-state index contributed by atoms with van der Waals surface area (Å²) in [6, 6.07) is 8.53. The summed E-state index contributed by atoms with van der Waals surface area (Å²) >= 11 is 3.29. The van der Waals surface area contributed by atoms with E-state index in [4.69, 9.17) is 10.5 Å². The zero-order valence-electron chi connectivity index (χ0n) is 10.5. The third-order valence-electron chi connectivity index (χ3n) is 2.67. The average molecular weight is 346 g/mol. The highest BCUT2D eigenvalue weighted by Crippen LogP contribution is 2.39. The van der Waals surface area contributed by atoms with E-state index in [9.17, 15) is 13.2 Å². The van der Waals surface area contributed by atoms with E-state index in [1.807, 2.05) is 0 Å². The molecule has 2 rings (SSSR count). The van der Waals surface area contributed by atoms with Gasteiger partial charge in [-0.3, -0.25) is 0 Å². The first-order valence-electron chi connectivity index (χ1n) is 5.68. The first kappa shape index (κ1) is 14.7. The van der Waals surface area contributed by atoms with Crippen LogP contribution in [0.15, 0.2) is 40.9 Å². The van der Waals surface area contributed by atoms with Crippen molar-refractivity contribution in [1.82, 2.24) is 0 Å². The van der Waals surface area contributed by atoms with Gasteiger partial charge in [0.05, 0.1) is 0 Å². The first-order chi connectivity index (χ1) is 9.27. The smallest absolute Gasteiger partial charge is 0.420 e. The molecule has 0 aliphatic carbocycles. The number of aryl methyl sites for hydroxylation is 1. The van der Waals surface area contributed by atoms with E-state index >= 15 is 0 Å². The Morgan fingerprint density at radius 2 is 1.70 bits per heavy atom. The van der Waals surface area contributed by atoms with Gasteiger partial charge in [-0.1, -0.05) is 15.9 Å². The molecule has 0 spiro atoms. The summed E-state index contributed by atoms with van der Waals surface area (Å²) in [6.07, 6.45) is -4.52. The highest BCUT2D eigenvalue weighted by atomic mass is 79.9. The minimum Gasteiger partial charge on any atom is -0.456 e. The van der Waals surface area contributed by atoms with E-state index in [0.717, 1.165) is 16.1 Å². The van der Waals surface area contributed by atoms with Crippen molar-refractivity contribution >= 4 is 21.6 Å². The first-order valence-corrected chi connectivity index (χ1v) is 6.47. The number of ether oxygens (including phenoxy) is 1. The molecule has 2 N–H and O–H groups in total. The molecule has 0 atom stereocenters. The number of hydrogen-bond acceptors (Lipinski definition) is 2. The molecule has 0 saturated carbocycles. The molecule has 0 heterocycles. The van der Waals surface area contributed by atoms with Gasteiger partial charge < -0.3 is 10.5 Å². The van der Waals surface area contributed by atoms with Gasteiger partial charge in [-0.25, -0.2) is 0 Å². The highest BCUT2D eigenvalue weighted by molar-refractivity contribution is 9.10. The molecule has 0 unspecified atom stereocenters. The normalized spacial score (nSPS) is 11.4. The van der Waals surface area contributed by atoms with Crippen molar-refractivity contribution in [3.8, 4) is 11.5 Å². The molecule has 0 amide bonds. The molecule has 2 aromatic rings. The van der Waals surface area contributed by atoms with Crippen LogP contribution < -0.4 is 10.5 Å². The Kier molecular flexibility index (Phi) is 3.94. The Labute approximate surface area is 122 Å². The maximum atomic E-state index is 13.0. The lowest BCUT2D eigenvalue weighted by atomic mass is 10.1. The van der Waals surface area contributed by atoms with Gasteiger partial charge in [0, 0.05) is 10.2 Å². The number of alkyl halides is 3. The van der Waals surface area contributed by atoms with E-state index in [0.29, 0.717) is 5.75 Å². The molecular weight excluding hydrogens is 335 g/mol. The van der Waals surface area contributed by atoms with Gasteiger partial charge in [0.2, 0.25) is 0 Å². The molecular formula is C14H11BrF3NO. The summed E-state index contributed by atoms with van der Waals surface area (Å²) in [6.45, 7) is 1.75. The lowest BCUT2D eigenvalue weighted by molar-refractivity contribution is -0.138. The van der Waals surface area contributed by atoms with Crippen LogP contribution in [-0.2, 0) is 6.18 Å². The van der Waals surface area contributed by atoms with E-state index in [1.165, 1.54) is 12.1 Å². The second-order valence-corrected chi connectivity index (χ2v) is 5.18. The summed E-state index contributed by atoms with van der Waals surface area (Å²) in [5.41, 5.74) is 5.28. The van der Waals surface area contributed by atoms with Crippen LogP contribution in [0.1, 0.15) is 11.1 Å². The van der Waals surface area contributed by atoms with Crippen molar-refractivity contribution in [3.63, 3.8) is 0 Å². The van der Waals surface area contributed by atoms with Crippen LogP contribution in [-0.4, -0.2) is 0 Å². The molecule has 6 heteroatoms. The number of nitrogen functional groups attached to an aromatic ring is 1. The number of halogens is 4. The molecule has 0 fully saturated rings. The SMILES string of the molecule is Cc1cc(Br)ccc1Oc1ccc(N)cc1C(F)(F)F. The van der Waals surface area contributed by atoms with Gasteiger partial charge in [-0.05, 0) is 48.9 Å². The molecule has 0 radical (unpaired) electrons. The Balaban J connectivity index is 2.43. The Morgan fingerprint density at radius 1 is 1.05 bits per heavy atom. The molecule has 0 aliphatic heterocycles. The fourth-order valence-corrected chi connectivity index (χ4v) is 2.18. The van der Waals surface area contributed by atoms with E-state index in [1.54, 1.807) is 25.1 Å². The molecule has 2 aromatic carbocycles. The van der Waals surface area contributed by atoms with Crippen molar-refractivity contribution in [2.45, 2.75) is 13.1 Å². The molecule has 0 saturated heterocycles. The predicted molar refractivity (Wildman–Crippen MR) is 74.8 cm³/mol. The topological polar surface area (TPSA) is 35.2 Å². The van der Waals surface area contributed by atoms with Gasteiger partial charge in [-0.15, -0.1) is 0 Å². The third-order valence-corrected chi connectivity index (χ3v) is 3.16. The standard InChI is InChI=1S/C14H11BrF3NO/c1-8-6-9(15)2-4-12(8)20-13-5-3-10(19)7-11(13)14(16,17)18/h2-7H,19H2,1H3. The Morgan fingerprint density at radius 3 is 2.30 bits per heavy atom.